The van der Waals surface area contributed by atoms with Crippen LogP contribution in [0.5, 0.6) is 0 Å². The quantitative estimate of drug-likeness (QED) is 0.882. The summed E-state index contributed by atoms with van der Waals surface area (Å²) >= 11 is 0. The Morgan fingerprint density at radius 2 is 2.00 bits per heavy atom. The lowest BCUT2D eigenvalue weighted by Gasteiger charge is -2.36. The second kappa shape index (κ2) is 5.18. The van der Waals surface area contributed by atoms with Crippen LogP contribution in [0, 0.1) is 5.92 Å². The summed E-state index contributed by atoms with van der Waals surface area (Å²) < 4.78 is 38.2. The molecular formula is C13H16F3NO. The van der Waals surface area contributed by atoms with E-state index in [0.29, 0.717) is 24.2 Å². The van der Waals surface area contributed by atoms with Crippen molar-refractivity contribution >= 4 is 5.69 Å². The van der Waals surface area contributed by atoms with Gasteiger partial charge >= 0.3 is 6.18 Å². The minimum atomic E-state index is -4.13. The highest BCUT2D eigenvalue weighted by Gasteiger charge is 2.41. The Bertz CT molecular complexity index is 405. The molecule has 5 heteroatoms. The molecule has 0 bridgehead atoms. The van der Waals surface area contributed by atoms with Crippen LogP contribution in [-0.4, -0.2) is 24.4 Å². The summed E-state index contributed by atoms with van der Waals surface area (Å²) in [6.45, 7) is 0.452. The van der Waals surface area contributed by atoms with Gasteiger partial charge in [0.1, 0.15) is 0 Å². The minimum Gasteiger partial charge on any atom is -0.392 e. The molecule has 0 aliphatic carbocycles. The van der Waals surface area contributed by atoms with Gasteiger partial charge in [0.15, 0.2) is 0 Å². The fourth-order valence-electron chi connectivity index (χ4n) is 2.42. The van der Waals surface area contributed by atoms with E-state index >= 15 is 0 Å². The molecule has 0 spiro atoms. The summed E-state index contributed by atoms with van der Waals surface area (Å²) in [5, 5.41) is 9.23. The second-order valence-electron chi connectivity index (χ2n) is 4.61. The number of hydrogen-bond acceptors (Lipinski definition) is 2. The van der Waals surface area contributed by atoms with E-state index in [1.54, 1.807) is 29.2 Å². The average Bonchev–Trinajstić information content (AvgIpc) is 2.38. The lowest BCUT2D eigenvalue weighted by atomic mass is 9.96. The number of anilines is 1. The molecule has 0 aromatic heterocycles. The summed E-state index contributed by atoms with van der Waals surface area (Å²) in [5.41, 5.74) is 1.40. The predicted molar refractivity (Wildman–Crippen MR) is 63.4 cm³/mol. The van der Waals surface area contributed by atoms with E-state index in [0.717, 1.165) is 0 Å². The summed E-state index contributed by atoms with van der Waals surface area (Å²) in [6.07, 6.45) is -3.40. The minimum absolute atomic E-state index is 0.0134. The van der Waals surface area contributed by atoms with E-state index in [9.17, 15) is 18.3 Å². The SMILES string of the molecule is OCc1ccccc1N1CCCC(C(F)(F)F)C1. The standard InChI is InChI=1S/C13H16F3NO/c14-13(15,16)11-5-3-7-17(8-11)12-6-2-1-4-10(12)9-18/h1-2,4,6,11,18H,3,5,7-9H2. The second-order valence-corrected chi connectivity index (χ2v) is 4.61. The van der Waals surface area contributed by atoms with E-state index in [-0.39, 0.29) is 19.6 Å². The Labute approximate surface area is 104 Å². The topological polar surface area (TPSA) is 23.5 Å². The molecule has 1 aromatic rings. The van der Waals surface area contributed by atoms with E-state index in [1.165, 1.54) is 0 Å². The number of hydrogen-bond donors (Lipinski definition) is 1. The molecule has 100 valence electrons. The van der Waals surface area contributed by atoms with E-state index in [4.69, 9.17) is 0 Å². The molecule has 1 aliphatic heterocycles. The number of nitrogens with zero attached hydrogens (tertiary/aromatic N) is 1. The number of piperidine rings is 1. The predicted octanol–water partition coefficient (Wildman–Crippen LogP) is 2.96. The number of aliphatic hydroxyl groups is 1. The highest BCUT2D eigenvalue weighted by Crippen LogP contribution is 2.35. The van der Waals surface area contributed by atoms with Crippen molar-refractivity contribution in [3.8, 4) is 0 Å². The average molecular weight is 259 g/mol. The summed E-state index contributed by atoms with van der Waals surface area (Å²) in [4.78, 5) is 1.73. The fraction of sp³-hybridized carbons (Fsp3) is 0.538. The summed E-state index contributed by atoms with van der Waals surface area (Å²) in [7, 11) is 0. The van der Waals surface area contributed by atoms with Gasteiger partial charge in [-0.2, -0.15) is 13.2 Å². The number of aliphatic hydroxyl groups excluding tert-OH is 1. The zero-order valence-corrected chi connectivity index (χ0v) is 9.95. The van der Waals surface area contributed by atoms with Crippen LogP contribution < -0.4 is 4.90 Å². The fourth-order valence-corrected chi connectivity index (χ4v) is 2.42. The van der Waals surface area contributed by atoms with Gasteiger partial charge in [0.2, 0.25) is 0 Å². The Kier molecular flexibility index (Phi) is 3.80. The van der Waals surface area contributed by atoms with Crippen molar-refractivity contribution in [3.05, 3.63) is 29.8 Å². The molecule has 1 atom stereocenters. The van der Waals surface area contributed by atoms with Crippen molar-refractivity contribution in [3.63, 3.8) is 0 Å². The van der Waals surface area contributed by atoms with Gasteiger partial charge in [0.05, 0.1) is 12.5 Å². The van der Waals surface area contributed by atoms with Crippen LogP contribution in [0.3, 0.4) is 0 Å². The maximum atomic E-state index is 12.7. The first kappa shape index (κ1) is 13.2. The molecule has 1 aliphatic rings. The monoisotopic (exact) mass is 259 g/mol. The highest BCUT2D eigenvalue weighted by molar-refractivity contribution is 5.53. The number of benzene rings is 1. The molecule has 1 unspecified atom stereocenters. The largest absolute Gasteiger partial charge is 0.393 e. The van der Waals surface area contributed by atoms with Crippen molar-refractivity contribution in [1.82, 2.24) is 0 Å². The number of rotatable bonds is 2. The summed E-state index contributed by atoms with van der Waals surface area (Å²) in [6, 6.07) is 7.07. The molecule has 2 rings (SSSR count). The number of alkyl halides is 3. The molecule has 1 aromatic carbocycles. The highest BCUT2D eigenvalue weighted by atomic mass is 19.4. The van der Waals surface area contributed by atoms with Crippen molar-refractivity contribution < 1.29 is 18.3 Å². The molecule has 2 nitrogen and oxygen atoms in total. The van der Waals surface area contributed by atoms with Gasteiger partial charge in [-0.15, -0.1) is 0 Å². The van der Waals surface area contributed by atoms with Gasteiger partial charge in [-0.3, -0.25) is 0 Å². The smallest absolute Gasteiger partial charge is 0.392 e. The third-order valence-electron chi connectivity index (χ3n) is 3.39. The van der Waals surface area contributed by atoms with E-state index < -0.39 is 12.1 Å². The van der Waals surface area contributed by atoms with Gasteiger partial charge in [0.25, 0.3) is 0 Å². The first-order chi connectivity index (χ1) is 8.52. The molecule has 18 heavy (non-hydrogen) atoms. The van der Waals surface area contributed by atoms with Gasteiger partial charge in [-0.05, 0) is 18.9 Å². The van der Waals surface area contributed by atoms with Crippen LogP contribution in [0.4, 0.5) is 18.9 Å². The van der Waals surface area contributed by atoms with Crippen LogP contribution in [-0.2, 0) is 6.61 Å². The van der Waals surface area contributed by atoms with Crippen LogP contribution in [0.15, 0.2) is 24.3 Å². The maximum absolute atomic E-state index is 12.7. The normalized spacial score (nSPS) is 21.1. The van der Waals surface area contributed by atoms with Crippen LogP contribution >= 0.6 is 0 Å². The molecule has 1 heterocycles. The molecule has 1 saturated heterocycles. The molecule has 0 amide bonds. The number of para-hydroxylation sites is 1. The van der Waals surface area contributed by atoms with Crippen molar-refractivity contribution in [1.29, 1.82) is 0 Å². The lowest BCUT2D eigenvalue weighted by Crippen LogP contribution is -2.42. The van der Waals surface area contributed by atoms with Crippen LogP contribution in [0.25, 0.3) is 0 Å². The Morgan fingerprint density at radius 3 is 2.67 bits per heavy atom. The third-order valence-corrected chi connectivity index (χ3v) is 3.39. The van der Waals surface area contributed by atoms with Crippen LogP contribution in [0.2, 0.25) is 0 Å². The first-order valence-corrected chi connectivity index (χ1v) is 6.03. The van der Waals surface area contributed by atoms with Gasteiger partial charge in [0, 0.05) is 24.3 Å². The van der Waals surface area contributed by atoms with Crippen molar-refractivity contribution in [2.45, 2.75) is 25.6 Å². The lowest BCUT2D eigenvalue weighted by molar-refractivity contribution is -0.176. The van der Waals surface area contributed by atoms with Crippen molar-refractivity contribution in [2.75, 3.05) is 18.0 Å². The third kappa shape index (κ3) is 2.77. The molecule has 0 saturated carbocycles. The van der Waals surface area contributed by atoms with Gasteiger partial charge in [-0.25, -0.2) is 0 Å². The molecule has 1 fully saturated rings. The molecule has 1 N–H and O–H groups in total. The van der Waals surface area contributed by atoms with Gasteiger partial charge < -0.3 is 10.0 Å². The number of halogens is 3. The van der Waals surface area contributed by atoms with Crippen molar-refractivity contribution in [2.24, 2.45) is 5.92 Å². The Morgan fingerprint density at radius 1 is 1.28 bits per heavy atom. The molecular weight excluding hydrogens is 243 g/mol. The molecule has 0 radical (unpaired) electrons. The first-order valence-electron chi connectivity index (χ1n) is 6.03. The van der Waals surface area contributed by atoms with E-state index in [2.05, 4.69) is 0 Å². The Hall–Kier alpha value is -1.23. The maximum Gasteiger partial charge on any atom is 0.393 e. The van der Waals surface area contributed by atoms with Crippen LogP contribution in [0.1, 0.15) is 18.4 Å². The Balaban J connectivity index is 2.18. The van der Waals surface area contributed by atoms with Gasteiger partial charge in [-0.1, -0.05) is 18.2 Å². The summed E-state index contributed by atoms with van der Waals surface area (Å²) in [5.74, 6) is -1.27. The van der Waals surface area contributed by atoms with E-state index in [1.807, 2.05) is 0 Å². The zero-order chi connectivity index (χ0) is 13.2. The zero-order valence-electron chi connectivity index (χ0n) is 9.95.